The van der Waals surface area contributed by atoms with Crippen LogP contribution in [0.1, 0.15) is 5.56 Å². The lowest BCUT2D eigenvalue weighted by Crippen LogP contribution is -2.07. The zero-order valence-electron chi connectivity index (χ0n) is 12.4. The highest BCUT2D eigenvalue weighted by molar-refractivity contribution is 6.33. The van der Waals surface area contributed by atoms with E-state index in [4.69, 9.17) is 11.6 Å². The zero-order valence-corrected chi connectivity index (χ0v) is 13.2. The van der Waals surface area contributed by atoms with Crippen molar-refractivity contribution < 1.29 is 10.0 Å². The largest absolute Gasteiger partial charge is 0.508 e. The van der Waals surface area contributed by atoms with Crippen molar-refractivity contribution in [2.24, 2.45) is 0 Å². The van der Waals surface area contributed by atoms with Gasteiger partial charge >= 0.3 is 0 Å². The summed E-state index contributed by atoms with van der Waals surface area (Å²) in [7, 11) is 0. The Morgan fingerprint density at radius 1 is 1.21 bits per heavy atom. The van der Waals surface area contributed by atoms with E-state index < -0.39 is 4.92 Å². The first kappa shape index (κ1) is 15.9. The van der Waals surface area contributed by atoms with Crippen molar-refractivity contribution in [1.29, 1.82) is 0 Å². The molecule has 7 nitrogen and oxygen atoms in total. The van der Waals surface area contributed by atoms with Crippen LogP contribution in [0.3, 0.4) is 0 Å². The summed E-state index contributed by atoms with van der Waals surface area (Å²) in [5, 5.41) is 24.1. The summed E-state index contributed by atoms with van der Waals surface area (Å²) < 4.78 is 0. The molecule has 0 unspecified atom stereocenters. The number of aromatic hydroxyl groups is 1. The molecule has 2 N–H and O–H groups in total. The van der Waals surface area contributed by atoms with E-state index in [0.29, 0.717) is 29.7 Å². The maximum Gasteiger partial charge on any atom is 0.288 e. The first-order chi connectivity index (χ1) is 11.5. The molecule has 0 aliphatic carbocycles. The number of fused-ring (bicyclic) bond motifs is 1. The van der Waals surface area contributed by atoms with Gasteiger partial charge in [-0.1, -0.05) is 23.7 Å². The van der Waals surface area contributed by atoms with Crippen molar-refractivity contribution in [2.75, 3.05) is 11.9 Å². The molecule has 3 aromatic rings. The Bertz CT molecular complexity index is 900. The first-order valence-electron chi connectivity index (χ1n) is 7.15. The predicted octanol–water partition coefficient (Wildman–Crippen LogP) is 3.55. The van der Waals surface area contributed by atoms with E-state index in [1.54, 1.807) is 12.1 Å². The Balaban J connectivity index is 1.82. The highest BCUT2D eigenvalue weighted by Crippen LogP contribution is 2.31. The molecule has 1 aromatic heterocycles. The number of nitrogens with zero attached hydrogens (tertiary/aromatic N) is 3. The number of rotatable bonds is 5. The van der Waals surface area contributed by atoms with Crippen LogP contribution in [-0.4, -0.2) is 26.5 Å². The highest BCUT2D eigenvalue weighted by atomic mass is 35.5. The van der Waals surface area contributed by atoms with Gasteiger partial charge in [0.05, 0.1) is 10.4 Å². The lowest BCUT2D eigenvalue weighted by molar-refractivity contribution is -0.384. The van der Waals surface area contributed by atoms with Crippen molar-refractivity contribution in [1.82, 2.24) is 9.97 Å². The van der Waals surface area contributed by atoms with E-state index in [0.717, 1.165) is 5.56 Å². The Labute approximate surface area is 142 Å². The molecule has 1 heterocycles. The number of nitro groups is 1. The third-order valence-corrected chi connectivity index (χ3v) is 3.85. The normalized spacial score (nSPS) is 10.7. The number of nitrogens with one attached hydrogen (secondary N) is 1. The van der Waals surface area contributed by atoms with Gasteiger partial charge in [-0.3, -0.25) is 10.1 Å². The van der Waals surface area contributed by atoms with Crippen molar-refractivity contribution in [3.8, 4) is 5.75 Å². The summed E-state index contributed by atoms with van der Waals surface area (Å²) >= 11 is 5.90. The second-order valence-electron chi connectivity index (χ2n) is 5.14. The van der Waals surface area contributed by atoms with Gasteiger partial charge in [-0.05, 0) is 30.2 Å². The number of halogens is 1. The van der Waals surface area contributed by atoms with Crippen molar-refractivity contribution in [3.05, 3.63) is 63.4 Å². The number of phenolic OH excluding ortho intramolecular Hbond substituents is 1. The van der Waals surface area contributed by atoms with Gasteiger partial charge in [0.1, 0.15) is 22.9 Å². The van der Waals surface area contributed by atoms with Crippen LogP contribution >= 0.6 is 11.6 Å². The van der Waals surface area contributed by atoms with Crippen molar-refractivity contribution >= 4 is 34.0 Å². The molecular formula is C16H13ClN4O3. The summed E-state index contributed by atoms with van der Waals surface area (Å²) in [4.78, 5) is 18.8. The molecule has 0 saturated heterocycles. The van der Waals surface area contributed by atoms with E-state index in [1.165, 1.54) is 18.5 Å². The van der Waals surface area contributed by atoms with Crippen molar-refractivity contribution in [2.45, 2.75) is 6.42 Å². The minimum absolute atomic E-state index is 0.0428. The third-order valence-electron chi connectivity index (χ3n) is 3.54. The Hall–Kier alpha value is -2.93. The number of aromatic nitrogens is 2. The molecule has 0 fully saturated rings. The van der Waals surface area contributed by atoms with Crippen LogP contribution in [0.5, 0.6) is 5.75 Å². The van der Waals surface area contributed by atoms with Gasteiger partial charge in [-0.25, -0.2) is 9.97 Å². The predicted molar refractivity (Wildman–Crippen MR) is 91.5 cm³/mol. The molecule has 0 saturated carbocycles. The van der Waals surface area contributed by atoms with Gasteiger partial charge in [-0.2, -0.15) is 0 Å². The average molecular weight is 345 g/mol. The van der Waals surface area contributed by atoms with Gasteiger partial charge in [0.2, 0.25) is 0 Å². The van der Waals surface area contributed by atoms with Crippen LogP contribution in [-0.2, 0) is 6.42 Å². The summed E-state index contributed by atoms with van der Waals surface area (Å²) in [5.74, 6) is 0.733. The molecule has 2 aromatic carbocycles. The summed E-state index contributed by atoms with van der Waals surface area (Å²) in [6.07, 6.45) is 2.09. The smallest absolute Gasteiger partial charge is 0.288 e. The van der Waals surface area contributed by atoms with Crippen LogP contribution < -0.4 is 5.32 Å². The van der Waals surface area contributed by atoms with E-state index in [9.17, 15) is 15.2 Å². The fourth-order valence-electron chi connectivity index (χ4n) is 2.33. The fraction of sp³-hybridized carbons (Fsp3) is 0.125. The third kappa shape index (κ3) is 3.36. The molecule has 0 aliphatic rings. The standard InChI is InChI=1S/C16H13ClN4O3/c17-13-8-14-12(7-15(13)21(23)24)16(20-9-19-14)18-6-5-10-1-3-11(22)4-2-10/h1-4,7-9,22H,5-6H2,(H,18,19,20). The molecule has 122 valence electrons. The Kier molecular flexibility index (Phi) is 4.43. The van der Waals surface area contributed by atoms with E-state index >= 15 is 0 Å². The summed E-state index contributed by atoms with van der Waals surface area (Å²) in [6.45, 7) is 0.577. The van der Waals surface area contributed by atoms with Gasteiger partial charge in [-0.15, -0.1) is 0 Å². The lowest BCUT2D eigenvalue weighted by atomic mass is 10.1. The van der Waals surface area contributed by atoms with Crippen LogP contribution in [0.4, 0.5) is 11.5 Å². The number of benzene rings is 2. The molecule has 0 bridgehead atoms. The zero-order chi connectivity index (χ0) is 17.1. The first-order valence-corrected chi connectivity index (χ1v) is 7.53. The number of hydrogen-bond donors (Lipinski definition) is 2. The van der Waals surface area contributed by atoms with E-state index in [1.807, 2.05) is 12.1 Å². The summed E-state index contributed by atoms with van der Waals surface area (Å²) in [5.41, 5.74) is 1.40. The fourth-order valence-corrected chi connectivity index (χ4v) is 2.56. The number of phenols is 1. The highest BCUT2D eigenvalue weighted by Gasteiger charge is 2.16. The van der Waals surface area contributed by atoms with Gasteiger partial charge in [0.25, 0.3) is 5.69 Å². The lowest BCUT2D eigenvalue weighted by Gasteiger charge is -2.09. The molecule has 0 spiro atoms. The number of anilines is 1. The second kappa shape index (κ2) is 6.67. The van der Waals surface area contributed by atoms with E-state index in [2.05, 4.69) is 15.3 Å². The van der Waals surface area contributed by atoms with Crippen LogP contribution in [0.15, 0.2) is 42.7 Å². The minimum atomic E-state index is -0.533. The molecular weight excluding hydrogens is 332 g/mol. The SMILES string of the molecule is O=[N+]([O-])c1cc2c(NCCc3ccc(O)cc3)ncnc2cc1Cl. The Morgan fingerprint density at radius 3 is 2.67 bits per heavy atom. The van der Waals surface area contributed by atoms with Crippen molar-refractivity contribution in [3.63, 3.8) is 0 Å². The Morgan fingerprint density at radius 2 is 1.96 bits per heavy atom. The quantitative estimate of drug-likeness (QED) is 0.542. The van der Waals surface area contributed by atoms with Gasteiger partial charge < -0.3 is 10.4 Å². The van der Waals surface area contributed by atoms with Gasteiger partial charge in [0.15, 0.2) is 0 Å². The molecule has 0 amide bonds. The molecule has 0 radical (unpaired) electrons. The van der Waals surface area contributed by atoms with Crippen LogP contribution in [0.25, 0.3) is 10.9 Å². The monoisotopic (exact) mass is 344 g/mol. The molecule has 0 atom stereocenters. The second-order valence-corrected chi connectivity index (χ2v) is 5.55. The molecule has 0 aliphatic heterocycles. The van der Waals surface area contributed by atoms with Crippen LogP contribution in [0.2, 0.25) is 5.02 Å². The van der Waals surface area contributed by atoms with Crippen LogP contribution in [0, 0.1) is 10.1 Å². The maximum absolute atomic E-state index is 11.0. The summed E-state index contributed by atoms with van der Waals surface area (Å²) in [6, 6.07) is 9.75. The minimum Gasteiger partial charge on any atom is -0.508 e. The van der Waals surface area contributed by atoms with Gasteiger partial charge in [0, 0.05) is 18.0 Å². The molecule has 3 rings (SSSR count). The molecule has 8 heteroatoms. The number of nitro benzene ring substituents is 1. The number of hydrogen-bond acceptors (Lipinski definition) is 6. The molecule has 24 heavy (non-hydrogen) atoms. The average Bonchev–Trinajstić information content (AvgIpc) is 2.56. The van der Waals surface area contributed by atoms with E-state index in [-0.39, 0.29) is 16.5 Å². The maximum atomic E-state index is 11.0. The topological polar surface area (TPSA) is 101 Å².